The number of carbonyl (C=O) groups excluding carboxylic acids is 1. The van der Waals surface area contributed by atoms with Crippen LogP contribution in [0, 0.1) is 10.1 Å². The van der Waals surface area contributed by atoms with Gasteiger partial charge in [-0.15, -0.1) is 0 Å². The van der Waals surface area contributed by atoms with E-state index in [1.54, 1.807) is 12.1 Å². The van der Waals surface area contributed by atoms with Crippen molar-refractivity contribution in [3.63, 3.8) is 0 Å². The molecule has 0 aliphatic carbocycles. The second-order valence-electron chi connectivity index (χ2n) is 4.42. The van der Waals surface area contributed by atoms with Crippen LogP contribution in [0.25, 0.3) is 0 Å². The summed E-state index contributed by atoms with van der Waals surface area (Å²) in [5.41, 5.74) is -0.640. The number of carbonyl (C=O) groups is 1. The van der Waals surface area contributed by atoms with Gasteiger partial charge in [-0.05, 0) is 25.1 Å². The molecule has 0 radical (unpaired) electrons. The third kappa shape index (κ3) is 2.35. The lowest BCUT2D eigenvalue weighted by Crippen LogP contribution is -2.39. The van der Waals surface area contributed by atoms with Crippen LogP contribution in [-0.2, 0) is 14.9 Å². The maximum atomic E-state index is 12.1. The van der Waals surface area contributed by atoms with E-state index in [0.29, 0.717) is 29.5 Å². The second kappa shape index (κ2) is 5.26. The minimum absolute atomic E-state index is 0.0662. The first-order valence-electron chi connectivity index (χ1n) is 5.75. The lowest BCUT2D eigenvalue weighted by molar-refractivity contribution is -0.386. The Morgan fingerprint density at radius 1 is 1.58 bits per heavy atom. The molecule has 1 atom stereocenters. The van der Waals surface area contributed by atoms with Crippen molar-refractivity contribution in [2.45, 2.75) is 11.8 Å². The van der Waals surface area contributed by atoms with Gasteiger partial charge in [0, 0.05) is 22.6 Å². The zero-order valence-corrected chi connectivity index (χ0v) is 11.9. The van der Waals surface area contributed by atoms with Gasteiger partial charge in [-0.3, -0.25) is 14.9 Å². The molecule has 1 heterocycles. The van der Waals surface area contributed by atoms with Crippen LogP contribution in [0.1, 0.15) is 12.0 Å². The maximum absolute atomic E-state index is 12.1. The minimum atomic E-state index is -0.974. The molecular formula is C12H13BrN2O4. The molecule has 1 fully saturated rings. The van der Waals surface area contributed by atoms with E-state index >= 15 is 0 Å². The van der Waals surface area contributed by atoms with Crippen molar-refractivity contribution in [3.8, 4) is 0 Å². The van der Waals surface area contributed by atoms with Crippen molar-refractivity contribution >= 4 is 27.6 Å². The van der Waals surface area contributed by atoms with Crippen LogP contribution in [0.5, 0.6) is 0 Å². The highest BCUT2D eigenvalue weighted by molar-refractivity contribution is 9.10. The Kier molecular flexibility index (Phi) is 3.86. The third-order valence-corrected chi connectivity index (χ3v) is 3.90. The van der Waals surface area contributed by atoms with E-state index < -0.39 is 16.3 Å². The number of nitro benzene ring substituents is 1. The SMILES string of the molecule is COC(=O)C1(c2ccc(Br)cc2[N+](=O)[O-])CCNC1. The number of esters is 1. The number of nitro groups is 1. The first-order valence-corrected chi connectivity index (χ1v) is 6.54. The molecular weight excluding hydrogens is 316 g/mol. The zero-order valence-electron chi connectivity index (χ0n) is 10.3. The van der Waals surface area contributed by atoms with Crippen molar-refractivity contribution in [1.82, 2.24) is 5.32 Å². The van der Waals surface area contributed by atoms with Crippen LogP contribution in [-0.4, -0.2) is 31.1 Å². The van der Waals surface area contributed by atoms with Crippen LogP contribution in [0.2, 0.25) is 0 Å². The molecule has 1 N–H and O–H groups in total. The maximum Gasteiger partial charge on any atom is 0.317 e. The lowest BCUT2D eigenvalue weighted by atomic mass is 9.79. The van der Waals surface area contributed by atoms with Gasteiger partial charge in [-0.2, -0.15) is 0 Å². The van der Waals surface area contributed by atoms with Gasteiger partial charge in [0.15, 0.2) is 0 Å². The van der Waals surface area contributed by atoms with Crippen molar-refractivity contribution in [2.24, 2.45) is 0 Å². The molecule has 0 amide bonds. The average molecular weight is 329 g/mol. The van der Waals surface area contributed by atoms with E-state index in [2.05, 4.69) is 21.2 Å². The number of nitrogens with one attached hydrogen (secondary N) is 1. The predicted octanol–water partition coefficient (Wildman–Crippen LogP) is 1.76. The molecule has 1 unspecified atom stereocenters. The van der Waals surface area contributed by atoms with Crippen LogP contribution in [0.4, 0.5) is 5.69 Å². The van der Waals surface area contributed by atoms with Gasteiger partial charge in [0.25, 0.3) is 5.69 Å². The summed E-state index contributed by atoms with van der Waals surface area (Å²) >= 11 is 3.21. The third-order valence-electron chi connectivity index (χ3n) is 3.40. The number of rotatable bonds is 3. The van der Waals surface area contributed by atoms with Crippen molar-refractivity contribution in [3.05, 3.63) is 38.3 Å². The first kappa shape index (κ1) is 14.0. The Hall–Kier alpha value is -1.47. The monoisotopic (exact) mass is 328 g/mol. The van der Waals surface area contributed by atoms with Gasteiger partial charge in [-0.25, -0.2) is 0 Å². The van der Waals surface area contributed by atoms with Crippen molar-refractivity contribution in [2.75, 3.05) is 20.2 Å². The highest BCUT2D eigenvalue weighted by Gasteiger charge is 2.47. The molecule has 6 nitrogen and oxygen atoms in total. The molecule has 7 heteroatoms. The molecule has 1 aromatic rings. The largest absolute Gasteiger partial charge is 0.468 e. The lowest BCUT2D eigenvalue weighted by Gasteiger charge is -2.25. The van der Waals surface area contributed by atoms with Gasteiger partial charge in [0.2, 0.25) is 0 Å². The van der Waals surface area contributed by atoms with Crippen LogP contribution in [0.3, 0.4) is 0 Å². The van der Waals surface area contributed by atoms with Crippen LogP contribution >= 0.6 is 15.9 Å². The summed E-state index contributed by atoms with van der Waals surface area (Å²) < 4.78 is 5.45. The molecule has 102 valence electrons. The topological polar surface area (TPSA) is 81.5 Å². The summed E-state index contributed by atoms with van der Waals surface area (Å²) in [4.78, 5) is 22.8. The number of nitrogens with zero attached hydrogens (tertiary/aromatic N) is 1. The smallest absolute Gasteiger partial charge is 0.317 e. The highest BCUT2D eigenvalue weighted by Crippen LogP contribution is 2.38. The summed E-state index contributed by atoms with van der Waals surface area (Å²) in [5.74, 6) is -0.442. The van der Waals surface area contributed by atoms with Gasteiger partial charge in [-0.1, -0.05) is 15.9 Å². The predicted molar refractivity (Wildman–Crippen MR) is 72.0 cm³/mol. The van der Waals surface area contributed by atoms with Gasteiger partial charge < -0.3 is 10.1 Å². The van der Waals surface area contributed by atoms with Crippen molar-refractivity contribution < 1.29 is 14.5 Å². The summed E-state index contributed by atoms with van der Waals surface area (Å²) in [5, 5.41) is 14.3. The fourth-order valence-corrected chi connectivity index (χ4v) is 2.81. The molecule has 19 heavy (non-hydrogen) atoms. The summed E-state index contributed by atoms with van der Waals surface area (Å²) in [6.07, 6.45) is 0.488. The van der Waals surface area contributed by atoms with Gasteiger partial charge in [0.1, 0.15) is 5.41 Å². The molecule has 1 aliphatic rings. The van der Waals surface area contributed by atoms with Crippen LogP contribution in [0.15, 0.2) is 22.7 Å². The summed E-state index contributed by atoms with van der Waals surface area (Å²) in [6.45, 7) is 0.977. The standard InChI is InChI=1S/C12H13BrN2O4/c1-19-11(16)12(4-5-14-7-12)9-3-2-8(13)6-10(9)15(17)18/h2-3,6,14H,4-5,7H2,1H3. The zero-order chi connectivity index (χ0) is 14.0. The summed E-state index contributed by atoms with van der Waals surface area (Å²) in [7, 11) is 1.30. The quantitative estimate of drug-likeness (QED) is 0.519. The number of benzene rings is 1. The second-order valence-corrected chi connectivity index (χ2v) is 5.33. The fraction of sp³-hybridized carbons (Fsp3) is 0.417. The fourth-order valence-electron chi connectivity index (χ4n) is 2.46. The van der Waals surface area contributed by atoms with E-state index in [0.717, 1.165) is 0 Å². The molecule has 1 aromatic carbocycles. The van der Waals surface area contributed by atoms with E-state index in [1.165, 1.54) is 13.2 Å². The Labute approximate surface area is 118 Å². The van der Waals surface area contributed by atoms with Crippen LogP contribution < -0.4 is 5.32 Å². The van der Waals surface area contributed by atoms with Gasteiger partial charge >= 0.3 is 5.97 Å². The highest BCUT2D eigenvalue weighted by atomic mass is 79.9. The molecule has 0 saturated carbocycles. The molecule has 1 saturated heterocycles. The average Bonchev–Trinajstić information content (AvgIpc) is 2.88. The Bertz CT molecular complexity index is 526. The van der Waals surface area contributed by atoms with Crippen molar-refractivity contribution in [1.29, 1.82) is 0 Å². The number of ether oxygens (including phenoxy) is 1. The first-order chi connectivity index (χ1) is 9.01. The number of methoxy groups -OCH3 is 1. The number of halogens is 1. The minimum Gasteiger partial charge on any atom is -0.468 e. The van der Waals surface area contributed by atoms with E-state index in [-0.39, 0.29) is 5.69 Å². The Balaban J connectivity index is 2.60. The Morgan fingerprint density at radius 3 is 2.84 bits per heavy atom. The number of hydrogen-bond acceptors (Lipinski definition) is 5. The molecule has 2 rings (SSSR count). The molecule has 1 aliphatic heterocycles. The number of hydrogen-bond donors (Lipinski definition) is 1. The molecule has 0 bridgehead atoms. The molecule has 0 aromatic heterocycles. The van der Waals surface area contributed by atoms with Gasteiger partial charge in [0.05, 0.1) is 12.0 Å². The normalized spacial score (nSPS) is 22.2. The van der Waals surface area contributed by atoms with E-state index in [1.807, 2.05) is 0 Å². The summed E-state index contributed by atoms with van der Waals surface area (Å²) in [6, 6.07) is 4.73. The van der Waals surface area contributed by atoms with E-state index in [9.17, 15) is 14.9 Å². The van der Waals surface area contributed by atoms with E-state index in [4.69, 9.17) is 4.74 Å². The Morgan fingerprint density at radius 2 is 2.32 bits per heavy atom. The molecule has 0 spiro atoms.